The third kappa shape index (κ3) is 635. The molecule has 0 aliphatic heterocycles. The monoisotopic (exact) mass is 289 g/mol. The van der Waals surface area contributed by atoms with Crippen LogP contribution >= 0.6 is 0 Å². The van der Waals surface area contributed by atoms with Gasteiger partial charge in [0.05, 0.1) is 0 Å². The van der Waals surface area contributed by atoms with Gasteiger partial charge in [0.15, 0.2) is 0 Å². The zero-order chi connectivity index (χ0) is 5.41. The minimum absolute atomic E-state index is 0. The van der Waals surface area contributed by atoms with Crippen LogP contribution in [0.2, 0.25) is 0 Å². The van der Waals surface area contributed by atoms with Crippen molar-refractivity contribution in [3.05, 3.63) is 20.8 Å². The van der Waals surface area contributed by atoms with Crippen LogP contribution in [0.1, 0.15) is 0 Å². The normalized spacial score (nSPS) is 5.14. The molecular formula is H2N2O4Pt. The first-order valence-corrected chi connectivity index (χ1v) is 0.816. The molecule has 2 N–H and O–H groups in total. The molecule has 0 aliphatic rings. The van der Waals surface area contributed by atoms with Gasteiger partial charge in [0.25, 0.3) is 0 Å². The molecule has 7 heteroatoms. The summed E-state index contributed by atoms with van der Waals surface area (Å²) in [5, 5.41) is 32.5. The van der Waals surface area contributed by atoms with Gasteiger partial charge in [0.1, 0.15) is 0 Å². The van der Waals surface area contributed by atoms with Crippen molar-refractivity contribution >= 4 is 0 Å². The molecule has 6 nitrogen and oxygen atoms in total. The van der Waals surface area contributed by atoms with E-state index in [1.54, 1.807) is 0 Å². The standard InChI is InChI=1S/2HNO2.Pt/c2*2-1-3;/h2*1H;/q2*-2;+4. The first-order valence-electron chi connectivity index (χ1n) is 0.816. The SMILES string of the molecule is [O-]N[O-].[O-]N[O-].[Pt+4]. The summed E-state index contributed by atoms with van der Waals surface area (Å²) in [6.45, 7) is 0. The van der Waals surface area contributed by atoms with Crippen molar-refractivity contribution in [1.29, 1.82) is 0 Å². The van der Waals surface area contributed by atoms with Gasteiger partial charge in [-0.05, 0) is 0 Å². The van der Waals surface area contributed by atoms with E-state index in [0.717, 1.165) is 0 Å². The van der Waals surface area contributed by atoms with Crippen LogP contribution in [0.25, 0.3) is 0 Å². The molecule has 0 saturated carbocycles. The second kappa shape index (κ2) is 31.9. The topological polar surface area (TPSA) is 116 Å². The third-order valence-corrected chi connectivity index (χ3v) is 0. The Bertz CT molecular complexity index is 11.7. The Balaban J connectivity index is -0.0000000400. The van der Waals surface area contributed by atoms with Crippen molar-refractivity contribution in [2.75, 3.05) is 0 Å². The van der Waals surface area contributed by atoms with E-state index in [2.05, 4.69) is 0 Å². The van der Waals surface area contributed by atoms with Gasteiger partial charge < -0.3 is 32.1 Å². The van der Waals surface area contributed by atoms with E-state index in [4.69, 9.17) is 20.8 Å². The van der Waals surface area contributed by atoms with Gasteiger partial charge in [-0.3, -0.25) is 0 Å². The Labute approximate surface area is 53.9 Å². The molecule has 0 atom stereocenters. The first kappa shape index (κ1) is 15.7. The van der Waals surface area contributed by atoms with Crippen LogP contribution < -0.4 is 11.3 Å². The zero-order valence-electron chi connectivity index (χ0n) is 2.95. The Morgan fingerprint density at radius 2 is 0.714 bits per heavy atom. The molecule has 46 valence electrons. The Morgan fingerprint density at radius 3 is 0.714 bits per heavy atom. The molecule has 0 radical (unpaired) electrons. The van der Waals surface area contributed by atoms with Crippen LogP contribution in [0.15, 0.2) is 0 Å². The summed E-state index contributed by atoms with van der Waals surface area (Å²) >= 11 is 0. The van der Waals surface area contributed by atoms with Crippen LogP contribution in [0.4, 0.5) is 0 Å². The van der Waals surface area contributed by atoms with Gasteiger partial charge in [-0.15, -0.1) is 0 Å². The molecule has 0 amide bonds. The van der Waals surface area contributed by atoms with Crippen LogP contribution in [0.3, 0.4) is 0 Å². The van der Waals surface area contributed by atoms with Gasteiger partial charge >= 0.3 is 21.1 Å². The fourth-order valence-corrected chi connectivity index (χ4v) is 0. The predicted octanol–water partition coefficient (Wildman–Crippen LogP) is -0.859. The van der Waals surface area contributed by atoms with Crippen LogP contribution in [-0.2, 0) is 21.1 Å². The molecule has 0 aliphatic carbocycles. The molecule has 0 fully saturated rings. The van der Waals surface area contributed by atoms with Crippen LogP contribution in [-0.4, -0.2) is 0 Å². The fourth-order valence-electron chi connectivity index (χ4n) is 0. The van der Waals surface area contributed by atoms with E-state index in [1.165, 1.54) is 0 Å². The maximum Gasteiger partial charge on any atom is 4.00 e. The van der Waals surface area contributed by atoms with Gasteiger partial charge in [-0.1, -0.05) is 0 Å². The smallest absolute Gasteiger partial charge is 0.800 e. The second-order valence-corrected chi connectivity index (χ2v) is 0.167. The number of nitrogens with one attached hydrogen (secondary N) is 2. The van der Waals surface area contributed by atoms with E-state index in [-0.39, 0.29) is 32.4 Å². The largest absolute Gasteiger partial charge is 4.00 e. The van der Waals surface area contributed by atoms with Crippen LogP contribution in [0.5, 0.6) is 0 Å². The average molecular weight is 289 g/mol. The van der Waals surface area contributed by atoms with Gasteiger partial charge in [-0.25, -0.2) is 0 Å². The Morgan fingerprint density at radius 1 is 0.714 bits per heavy atom. The van der Waals surface area contributed by atoms with Crippen LogP contribution in [0, 0.1) is 20.8 Å². The molecule has 0 saturated heterocycles. The summed E-state index contributed by atoms with van der Waals surface area (Å²) in [5.74, 6) is 0. The summed E-state index contributed by atoms with van der Waals surface area (Å²) in [6.07, 6.45) is 0. The van der Waals surface area contributed by atoms with E-state index < -0.39 is 0 Å². The summed E-state index contributed by atoms with van der Waals surface area (Å²) in [4.78, 5) is 0. The third-order valence-electron chi connectivity index (χ3n) is 0. The number of hydrogen-bond donors (Lipinski definition) is 2. The summed E-state index contributed by atoms with van der Waals surface area (Å²) in [5.41, 5.74) is 0.500. The summed E-state index contributed by atoms with van der Waals surface area (Å²) < 4.78 is 0. The number of hydrogen-bond acceptors (Lipinski definition) is 6. The molecule has 0 aromatic heterocycles. The summed E-state index contributed by atoms with van der Waals surface area (Å²) in [6, 6.07) is 0. The van der Waals surface area contributed by atoms with Crippen molar-refractivity contribution < 1.29 is 21.1 Å². The molecule has 0 heterocycles. The van der Waals surface area contributed by atoms with Crippen molar-refractivity contribution in [2.45, 2.75) is 0 Å². The molecular weight excluding hydrogens is 287 g/mol. The van der Waals surface area contributed by atoms with Crippen molar-refractivity contribution in [1.82, 2.24) is 11.3 Å². The van der Waals surface area contributed by atoms with Gasteiger partial charge in [0, 0.05) is 0 Å². The molecule has 0 bridgehead atoms. The van der Waals surface area contributed by atoms with E-state index in [0.29, 0.717) is 0 Å². The minimum atomic E-state index is 0. The molecule has 0 unspecified atom stereocenters. The van der Waals surface area contributed by atoms with Gasteiger partial charge in [-0.2, -0.15) is 0 Å². The van der Waals surface area contributed by atoms with Gasteiger partial charge in [0.2, 0.25) is 0 Å². The first-order chi connectivity index (χ1) is 2.83. The maximum atomic E-state index is 8.12. The number of rotatable bonds is 0. The van der Waals surface area contributed by atoms with E-state index >= 15 is 0 Å². The Hall–Kier alpha value is 0.448. The second-order valence-electron chi connectivity index (χ2n) is 0.167. The maximum absolute atomic E-state index is 8.12. The minimum Gasteiger partial charge on any atom is -0.800 e. The molecule has 0 aromatic carbocycles. The molecule has 0 spiro atoms. The predicted molar refractivity (Wildman–Crippen MR) is 19.7 cm³/mol. The fraction of sp³-hybridized carbons (Fsp3) is 0. The zero-order valence-corrected chi connectivity index (χ0v) is 5.22. The Kier molecular flexibility index (Phi) is 71.4. The average Bonchev–Trinajstić information content (AvgIpc) is 1.39. The molecule has 0 rings (SSSR count). The van der Waals surface area contributed by atoms with Crippen molar-refractivity contribution in [3.8, 4) is 0 Å². The molecule has 7 heavy (non-hydrogen) atoms. The molecule has 0 aromatic rings. The van der Waals surface area contributed by atoms with E-state index in [1.807, 2.05) is 0 Å². The summed E-state index contributed by atoms with van der Waals surface area (Å²) in [7, 11) is 0. The van der Waals surface area contributed by atoms with E-state index in [9.17, 15) is 0 Å². The van der Waals surface area contributed by atoms with Crippen molar-refractivity contribution in [2.24, 2.45) is 0 Å². The quantitative estimate of drug-likeness (QED) is 0.560. The van der Waals surface area contributed by atoms with Crippen molar-refractivity contribution in [3.63, 3.8) is 0 Å².